The molecule has 0 saturated heterocycles. The summed E-state index contributed by atoms with van der Waals surface area (Å²) in [4.78, 5) is 34.9. The molecule has 7 heteroatoms. The lowest BCUT2D eigenvalue weighted by Crippen LogP contribution is -2.36. The third kappa shape index (κ3) is 5.35. The summed E-state index contributed by atoms with van der Waals surface area (Å²) in [5.74, 6) is -1.22. The van der Waals surface area contributed by atoms with Crippen LogP contribution in [0.2, 0.25) is 0 Å². The van der Waals surface area contributed by atoms with Gasteiger partial charge in [0.1, 0.15) is 0 Å². The Balaban J connectivity index is 1.68. The van der Waals surface area contributed by atoms with E-state index in [2.05, 4.69) is 26.6 Å². The molecule has 1 aromatic rings. The molecule has 1 fully saturated rings. The fourth-order valence-corrected chi connectivity index (χ4v) is 2.57. The lowest BCUT2D eigenvalue weighted by Gasteiger charge is -2.22. The number of amides is 2. The Labute approximate surface area is 143 Å². The van der Waals surface area contributed by atoms with Crippen molar-refractivity contribution in [1.29, 1.82) is 0 Å². The van der Waals surface area contributed by atoms with E-state index in [1.54, 1.807) is 6.07 Å². The number of esters is 1. The van der Waals surface area contributed by atoms with Gasteiger partial charge in [-0.05, 0) is 43.5 Å². The van der Waals surface area contributed by atoms with Gasteiger partial charge in [0, 0.05) is 10.2 Å². The van der Waals surface area contributed by atoms with E-state index in [1.165, 1.54) is 0 Å². The summed E-state index contributed by atoms with van der Waals surface area (Å²) in [5.41, 5.74) is 1.59. The molecule has 1 aromatic carbocycles. The Hall–Kier alpha value is -1.89. The molecule has 0 radical (unpaired) electrons. The second-order valence-corrected chi connectivity index (χ2v) is 6.44. The van der Waals surface area contributed by atoms with E-state index in [0.29, 0.717) is 5.69 Å². The smallest absolute Gasteiger partial charge is 0.309 e. The lowest BCUT2D eigenvalue weighted by molar-refractivity contribution is -0.155. The van der Waals surface area contributed by atoms with E-state index >= 15 is 0 Å². The van der Waals surface area contributed by atoms with Gasteiger partial charge in [-0.1, -0.05) is 22.4 Å². The topological polar surface area (TPSA) is 84.5 Å². The number of halogens is 1. The molecule has 0 unspecified atom stereocenters. The Morgan fingerprint density at radius 2 is 2.00 bits per heavy atom. The van der Waals surface area contributed by atoms with Gasteiger partial charge in [-0.15, -0.1) is 0 Å². The van der Waals surface area contributed by atoms with E-state index in [9.17, 15) is 14.4 Å². The average Bonchev–Trinajstić information content (AvgIpc) is 2.44. The number of carbonyl (C=O) groups is 3. The van der Waals surface area contributed by atoms with Crippen LogP contribution in [-0.2, 0) is 19.1 Å². The first-order valence-electron chi connectivity index (χ1n) is 7.45. The molecule has 2 rings (SSSR count). The van der Waals surface area contributed by atoms with E-state index in [-0.39, 0.29) is 30.9 Å². The minimum Gasteiger partial charge on any atom is -0.455 e. The van der Waals surface area contributed by atoms with Crippen molar-refractivity contribution in [2.75, 3.05) is 18.5 Å². The number of ether oxygens (including phenoxy) is 1. The summed E-state index contributed by atoms with van der Waals surface area (Å²) in [6.45, 7) is 1.36. The molecule has 2 amide bonds. The minimum atomic E-state index is -0.486. The van der Waals surface area contributed by atoms with E-state index < -0.39 is 5.91 Å². The zero-order valence-corrected chi connectivity index (χ0v) is 14.4. The lowest BCUT2D eigenvalue weighted by atomic mass is 9.86. The molecular weight excluding hydrogens is 364 g/mol. The number of anilines is 1. The molecule has 0 aromatic heterocycles. The van der Waals surface area contributed by atoms with E-state index in [1.807, 2.05) is 19.1 Å². The van der Waals surface area contributed by atoms with Crippen molar-refractivity contribution in [2.24, 2.45) is 5.92 Å². The number of rotatable bonds is 6. The highest BCUT2D eigenvalue weighted by atomic mass is 79.9. The highest BCUT2D eigenvalue weighted by Crippen LogP contribution is 2.27. The van der Waals surface area contributed by atoms with Crippen LogP contribution in [0.3, 0.4) is 0 Å². The monoisotopic (exact) mass is 382 g/mol. The van der Waals surface area contributed by atoms with Gasteiger partial charge in [0.05, 0.1) is 12.5 Å². The second kappa shape index (κ2) is 8.10. The first-order valence-corrected chi connectivity index (χ1v) is 8.24. The molecule has 0 bridgehead atoms. The summed E-state index contributed by atoms with van der Waals surface area (Å²) in [7, 11) is 0. The summed E-state index contributed by atoms with van der Waals surface area (Å²) in [6.07, 6.45) is 2.69. The van der Waals surface area contributed by atoms with Crippen molar-refractivity contribution in [1.82, 2.24) is 5.32 Å². The molecule has 0 spiro atoms. The highest BCUT2D eigenvalue weighted by Gasteiger charge is 2.27. The summed E-state index contributed by atoms with van der Waals surface area (Å²) in [6, 6.07) is 5.48. The molecule has 1 saturated carbocycles. The molecule has 23 heavy (non-hydrogen) atoms. The van der Waals surface area contributed by atoms with Crippen LogP contribution < -0.4 is 10.6 Å². The van der Waals surface area contributed by atoms with Crippen LogP contribution in [0.25, 0.3) is 0 Å². The molecule has 124 valence electrons. The Kier molecular flexibility index (Phi) is 6.15. The second-order valence-electron chi connectivity index (χ2n) is 5.52. The van der Waals surface area contributed by atoms with Crippen LogP contribution in [0, 0.1) is 12.8 Å². The molecule has 0 atom stereocenters. The maximum atomic E-state index is 11.8. The maximum absolute atomic E-state index is 11.8. The Morgan fingerprint density at radius 3 is 2.61 bits per heavy atom. The highest BCUT2D eigenvalue weighted by molar-refractivity contribution is 9.10. The number of carbonyl (C=O) groups excluding carboxylic acids is 3. The zero-order valence-electron chi connectivity index (χ0n) is 12.9. The van der Waals surface area contributed by atoms with Crippen molar-refractivity contribution in [3.05, 3.63) is 28.2 Å². The zero-order chi connectivity index (χ0) is 16.8. The SMILES string of the molecule is Cc1cc(Br)ccc1NC(=O)CNC(=O)COC(=O)C1CCC1. The van der Waals surface area contributed by atoms with Crippen LogP contribution >= 0.6 is 15.9 Å². The summed E-state index contributed by atoms with van der Waals surface area (Å²) < 4.78 is 5.83. The summed E-state index contributed by atoms with van der Waals surface area (Å²) >= 11 is 3.35. The quantitative estimate of drug-likeness (QED) is 0.738. The van der Waals surface area contributed by atoms with E-state index in [4.69, 9.17) is 4.74 Å². The van der Waals surface area contributed by atoms with Crippen molar-refractivity contribution >= 4 is 39.4 Å². The van der Waals surface area contributed by atoms with Gasteiger partial charge in [-0.25, -0.2) is 0 Å². The average molecular weight is 383 g/mol. The Morgan fingerprint density at radius 1 is 1.26 bits per heavy atom. The van der Waals surface area contributed by atoms with E-state index in [0.717, 1.165) is 29.3 Å². The third-order valence-corrected chi connectivity index (χ3v) is 4.19. The van der Waals surface area contributed by atoms with Crippen molar-refractivity contribution in [3.8, 4) is 0 Å². The normalized spacial score (nSPS) is 13.8. The maximum Gasteiger partial charge on any atom is 0.309 e. The number of hydrogen-bond acceptors (Lipinski definition) is 4. The van der Waals surface area contributed by atoms with Crippen LogP contribution in [0.15, 0.2) is 22.7 Å². The molecule has 1 aliphatic rings. The molecular formula is C16H19BrN2O4. The predicted molar refractivity (Wildman–Crippen MR) is 88.8 cm³/mol. The number of nitrogens with one attached hydrogen (secondary N) is 2. The summed E-state index contributed by atoms with van der Waals surface area (Å²) in [5, 5.41) is 5.14. The molecule has 1 aliphatic carbocycles. The fraction of sp³-hybridized carbons (Fsp3) is 0.438. The minimum absolute atomic E-state index is 0.0634. The first-order chi connectivity index (χ1) is 11.0. The largest absolute Gasteiger partial charge is 0.455 e. The first kappa shape index (κ1) is 17.5. The van der Waals surface area contributed by atoms with Crippen LogP contribution in [0.4, 0.5) is 5.69 Å². The van der Waals surface area contributed by atoms with Gasteiger partial charge >= 0.3 is 5.97 Å². The van der Waals surface area contributed by atoms with Gasteiger partial charge in [0.25, 0.3) is 5.91 Å². The van der Waals surface area contributed by atoms with Crippen LogP contribution in [0.1, 0.15) is 24.8 Å². The molecule has 2 N–H and O–H groups in total. The fourth-order valence-electron chi connectivity index (χ4n) is 2.09. The molecule has 0 aliphatic heterocycles. The Bertz CT molecular complexity index is 614. The predicted octanol–water partition coefficient (Wildman–Crippen LogP) is 2.16. The van der Waals surface area contributed by atoms with Crippen molar-refractivity contribution in [2.45, 2.75) is 26.2 Å². The van der Waals surface area contributed by atoms with Gasteiger partial charge < -0.3 is 15.4 Å². The third-order valence-electron chi connectivity index (χ3n) is 3.69. The van der Waals surface area contributed by atoms with Crippen LogP contribution in [-0.4, -0.2) is 30.9 Å². The van der Waals surface area contributed by atoms with Crippen LogP contribution in [0.5, 0.6) is 0 Å². The number of aryl methyl sites for hydroxylation is 1. The van der Waals surface area contributed by atoms with Crippen molar-refractivity contribution < 1.29 is 19.1 Å². The molecule has 0 heterocycles. The van der Waals surface area contributed by atoms with Gasteiger partial charge in [0.15, 0.2) is 6.61 Å². The van der Waals surface area contributed by atoms with Gasteiger partial charge in [-0.2, -0.15) is 0 Å². The number of hydrogen-bond donors (Lipinski definition) is 2. The molecule has 6 nitrogen and oxygen atoms in total. The number of benzene rings is 1. The van der Waals surface area contributed by atoms with Gasteiger partial charge in [-0.3, -0.25) is 14.4 Å². The standard InChI is InChI=1S/C16H19BrN2O4/c1-10-7-12(17)5-6-13(10)19-14(20)8-18-15(21)9-23-16(22)11-3-2-4-11/h5-7,11H,2-4,8-9H2,1H3,(H,18,21)(H,19,20). The van der Waals surface area contributed by atoms with Crippen molar-refractivity contribution in [3.63, 3.8) is 0 Å². The van der Waals surface area contributed by atoms with Gasteiger partial charge in [0.2, 0.25) is 5.91 Å².